The highest BCUT2D eigenvalue weighted by atomic mass is 14.9. The minimum absolute atomic E-state index is 0.499. The molecule has 0 aromatic rings. The molecule has 2 heteroatoms. The summed E-state index contributed by atoms with van der Waals surface area (Å²) in [6.07, 6.45) is 8.34. The molecule has 0 aromatic carbocycles. The third kappa shape index (κ3) is 1.96. The van der Waals surface area contributed by atoms with E-state index in [1.54, 1.807) is 0 Å². The van der Waals surface area contributed by atoms with Crippen molar-refractivity contribution in [3.8, 4) is 0 Å². The first kappa shape index (κ1) is 10.4. The van der Waals surface area contributed by atoms with Crippen LogP contribution in [0.25, 0.3) is 0 Å². The molecule has 0 heterocycles. The molecule has 0 amide bonds. The molecule has 2 aliphatic rings. The lowest BCUT2D eigenvalue weighted by Crippen LogP contribution is -2.42. The van der Waals surface area contributed by atoms with Crippen LogP contribution < -0.4 is 11.1 Å². The molecule has 0 aromatic heterocycles. The molecule has 2 saturated carbocycles. The molecule has 2 aliphatic carbocycles. The van der Waals surface area contributed by atoms with E-state index in [0.717, 1.165) is 13.1 Å². The highest BCUT2D eigenvalue weighted by Gasteiger charge is 2.41. The molecule has 2 rings (SSSR count). The summed E-state index contributed by atoms with van der Waals surface area (Å²) < 4.78 is 0. The average molecular weight is 196 g/mol. The minimum atomic E-state index is 0.499. The Bertz CT molecular complexity index is 187. The van der Waals surface area contributed by atoms with E-state index >= 15 is 0 Å². The molecule has 2 nitrogen and oxygen atoms in total. The van der Waals surface area contributed by atoms with Crippen molar-refractivity contribution >= 4 is 0 Å². The molecule has 0 radical (unpaired) electrons. The normalized spacial score (nSPS) is 27.0. The van der Waals surface area contributed by atoms with Crippen LogP contribution in [0, 0.1) is 10.8 Å². The van der Waals surface area contributed by atoms with E-state index in [4.69, 9.17) is 5.73 Å². The monoisotopic (exact) mass is 196 g/mol. The van der Waals surface area contributed by atoms with Crippen LogP contribution in [0.1, 0.15) is 45.4 Å². The van der Waals surface area contributed by atoms with Gasteiger partial charge < -0.3 is 11.1 Å². The molecule has 0 saturated heterocycles. The van der Waals surface area contributed by atoms with Gasteiger partial charge in [0.05, 0.1) is 0 Å². The fraction of sp³-hybridized carbons (Fsp3) is 1.00. The average Bonchev–Trinajstić information content (AvgIpc) is 2.91. The number of hydrogen-bond donors (Lipinski definition) is 2. The predicted molar refractivity (Wildman–Crippen MR) is 60.2 cm³/mol. The summed E-state index contributed by atoms with van der Waals surface area (Å²) in [7, 11) is 0. The summed E-state index contributed by atoms with van der Waals surface area (Å²) in [5.41, 5.74) is 6.91. The molecule has 0 bridgehead atoms. The van der Waals surface area contributed by atoms with Gasteiger partial charge in [-0.3, -0.25) is 0 Å². The Morgan fingerprint density at radius 1 is 1.07 bits per heavy atom. The SMILES string of the molecule is CCC1(CNCC2(CN)CC2)CCC1. The van der Waals surface area contributed by atoms with E-state index in [1.165, 1.54) is 45.1 Å². The van der Waals surface area contributed by atoms with Gasteiger partial charge in [0.25, 0.3) is 0 Å². The highest BCUT2D eigenvalue weighted by Crippen LogP contribution is 2.45. The Kier molecular flexibility index (Phi) is 2.85. The predicted octanol–water partition coefficient (Wildman–Crippen LogP) is 1.90. The maximum atomic E-state index is 5.76. The Morgan fingerprint density at radius 2 is 1.71 bits per heavy atom. The smallest absolute Gasteiger partial charge is 0.00201 e. The molecular formula is C12H24N2. The number of nitrogens with one attached hydrogen (secondary N) is 1. The van der Waals surface area contributed by atoms with Crippen molar-refractivity contribution in [1.82, 2.24) is 5.32 Å². The quantitative estimate of drug-likeness (QED) is 0.681. The summed E-state index contributed by atoms with van der Waals surface area (Å²) in [6, 6.07) is 0. The molecule has 2 fully saturated rings. The number of nitrogens with two attached hydrogens (primary N) is 1. The van der Waals surface area contributed by atoms with Crippen LogP contribution in [0.15, 0.2) is 0 Å². The minimum Gasteiger partial charge on any atom is -0.330 e. The summed E-state index contributed by atoms with van der Waals surface area (Å²) in [5.74, 6) is 0. The van der Waals surface area contributed by atoms with Gasteiger partial charge in [-0.2, -0.15) is 0 Å². The fourth-order valence-electron chi connectivity index (χ4n) is 2.55. The molecule has 0 atom stereocenters. The molecule has 0 spiro atoms. The second kappa shape index (κ2) is 3.82. The largest absolute Gasteiger partial charge is 0.330 e. The maximum absolute atomic E-state index is 5.76. The van der Waals surface area contributed by atoms with Gasteiger partial charge in [0.1, 0.15) is 0 Å². The van der Waals surface area contributed by atoms with E-state index in [9.17, 15) is 0 Å². The Hall–Kier alpha value is -0.0800. The number of hydrogen-bond acceptors (Lipinski definition) is 2. The second-order valence-electron chi connectivity index (χ2n) is 5.51. The molecular weight excluding hydrogens is 172 g/mol. The van der Waals surface area contributed by atoms with Gasteiger partial charge in [0.2, 0.25) is 0 Å². The molecule has 0 aliphatic heterocycles. The van der Waals surface area contributed by atoms with Gasteiger partial charge in [-0.25, -0.2) is 0 Å². The summed E-state index contributed by atoms with van der Waals surface area (Å²) in [5, 5.41) is 3.65. The van der Waals surface area contributed by atoms with Crippen molar-refractivity contribution in [2.75, 3.05) is 19.6 Å². The van der Waals surface area contributed by atoms with Gasteiger partial charge >= 0.3 is 0 Å². The molecule has 82 valence electrons. The van der Waals surface area contributed by atoms with Crippen LogP contribution in [-0.2, 0) is 0 Å². The first-order valence-electron chi connectivity index (χ1n) is 6.15. The second-order valence-corrected chi connectivity index (χ2v) is 5.51. The topological polar surface area (TPSA) is 38.0 Å². The van der Waals surface area contributed by atoms with E-state index < -0.39 is 0 Å². The van der Waals surface area contributed by atoms with Crippen molar-refractivity contribution in [3.05, 3.63) is 0 Å². The van der Waals surface area contributed by atoms with E-state index in [0.29, 0.717) is 10.8 Å². The molecule has 3 N–H and O–H groups in total. The lowest BCUT2D eigenvalue weighted by Gasteiger charge is -2.42. The zero-order valence-corrected chi connectivity index (χ0v) is 9.44. The van der Waals surface area contributed by atoms with Gasteiger partial charge in [-0.05, 0) is 49.5 Å². The fourth-order valence-corrected chi connectivity index (χ4v) is 2.55. The first-order chi connectivity index (χ1) is 6.74. The van der Waals surface area contributed by atoms with Crippen molar-refractivity contribution in [1.29, 1.82) is 0 Å². The summed E-state index contributed by atoms with van der Waals surface area (Å²) in [4.78, 5) is 0. The molecule has 14 heavy (non-hydrogen) atoms. The Balaban J connectivity index is 1.67. The first-order valence-corrected chi connectivity index (χ1v) is 6.15. The summed E-state index contributed by atoms with van der Waals surface area (Å²) in [6.45, 7) is 5.59. The lowest BCUT2D eigenvalue weighted by atomic mass is 9.67. The highest BCUT2D eigenvalue weighted by molar-refractivity contribution is 4.97. The third-order valence-corrected chi connectivity index (χ3v) is 4.55. The van der Waals surface area contributed by atoms with Crippen molar-refractivity contribution in [3.63, 3.8) is 0 Å². The number of rotatable bonds is 6. The van der Waals surface area contributed by atoms with Gasteiger partial charge in [0.15, 0.2) is 0 Å². The summed E-state index contributed by atoms with van der Waals surface area (Å²) >= 11 is 0. The van der Waals surface area contributed by atoms with Crippen molar-refractivity contribution in [2.45, 2.75) is 45.4 Å². The Labute approximate surface area is 87.6 Å². The van der Waals surface area contributed by atoms with Crippen LogP contribution in [0.5, 0.6) is 0 Å². The zero-order valence-electron chi connectivity index (χ0n) is 9.44. The van der Waals surface area contributed by atoms with Crippen molar-refractivity contribution < 1.29 is 0 Å². The van der Waals surface area contributed by atoms with Crippen molar-refractivity contribution in [2.24, 2.45) is 16.6 Å². The van der Waals surface area contributed by atoms with Gasteiger partial charge in [-0.15, -0.1) is 0 Å². The van der Waals surface area contributed by atoms with E-state index in [2.05, 4.69) is 12.2 Å². The van der Waals surface area contributed by atoms with Crippen LogP contribution in [0.2, 0.25) is 0 Å². The zero-order chi connectivity index (χ0) is 10.1. The molecule has 0 unspecified atom stereocenters. The van der Waals surface area contributed by atoms with Crippen LogP contribution in [0.3, 0.4) is 0 Å². The van der Waals surface area contributed by atoms with E-state index in [1.807, 2.05) is 0 Å². The van der Waals surface area contributed by atoms with Crippen LogP contribution in [0.4, 0.5) is 0 Å². The van der Waals surface area contributed by atoms with Crippen LogP contribution >= 0.6 is 0 Å². The Morgan fingerprint density at radius 3 is 2.07 bits per heavy atom. The maximum Gasteiger partial charge on any atom is 0.00201 e. The van der Waals surface area contributed by atoms with E-state index in [-0.39, 0.29) is 0 Å². The lowest BCUT2D eigenvalue weighted by molar-refractivity contribution is 0.122. The van der Waals surface area contributed by atoms with Crippen LogP contribution in [-0.4, -0.2) is 19.6 Å². The third-order valence-electron chi connectivity index (χ3n) is 4.55. The standard InChI is InChI=1S/C12H24N2/c1-2-11(4-3-5-11)9-14-10-12(8-13)6-7-12/h14H,2-10,13H2,1H3. The van der Waals surface area contributed by atoms with Gasteiger partial charge in [-0.1, -0.05) is 13.3 Å². The van der Waals surface area contributed by atoms with Gasteiger partial charge in [0, 0.05) is 13.1 Å².